The summed E-state index contributed by atoms with van der Waals surface area (Å²) in [4.78, 5) is 0. The molecule has 2 aromatic rings. The van der Waals surface area contributed by atoms with Gasteiger partial charge in [0.05, 0.1) is 12.0 Å². The largest absolute Gasteiger partial charge is 0.462 e. The van der Waals surface area contributed by atoms with Crippen molar-refractivity contribution in [3.63, 3.8) is 0 Å². The molecule has 0 aliphatic heterocycles. The van der Waals surface area contributed by atoms with Gasteiger partial charge in [0.2, 0.25) is 0 Å². The zero-order valence-corrected chi connectivity index (χ0v) is 5.37. The van der Waals surface area contributed by atoms with Crippen LogP contribution in [0.4, 0.5) is 5.69 Å². The van der Waals surface area contributed by atoms with Crippen molar-refractivity contribution in [3.8, 4) is 0 Å². The van der Waals surface area contributed by atoms with Crippen molar-refractivity contribution < 1.29 is 4.42 Å². The van der Waals surface area contributed by atoms with E-state index in [1.807, 2.05) is 24.3 Å². The van der Waals surface area contributed by atoms with Crippen LogP contribution in [0, 0.1) is 0 Å². The van der Waals surface area contributed by atoms with Gasteiger partial charge in [0, 0.05) is 5.39 Å². The molecule has 0 fully saturated rings. The number of para-hydroxylation sites is 1. The molecule has 0 saturated carbocycles. The maximum absolute atomic E-state index is 5.61. The monoisotopic (exact) mass is 133 g/mol. The molecule has 2 nitrogen and oxygen atoms in total. The Morgan fingerprint density at radius 1 is 1.20 bits per heavy atom. The molecule has 1 aromatic carbocycles. The number of nitrogens with two attached hydrogens (primary N) is 1. The van der Waals surface area contributed by atoms with Gasteiger partial charge in [-0.3, -0.25) is 0 Å². The third kappa shape index (κ3) is 0.589. The minimum atomic E-state index is 0.697. The molecule has 0 aliphatic carbocycles. The number of hydrogen-bond donors (Lipinski definition) is 1. The highest BCUT2D eigenvalue weighted by Crippen LogP contribution is 2.20. The number of benzene rings is 1. The summed E-state index contributed by atoms with van der Waals surface area (Å²) < 4.78 is 5.12. The predicted molar refractivity (Wildman–Crippen MR) is 40.6 cm³/mol. The number of hydrogen-bond acceptors (Lipinski definition) is 2. The Kier molecular flexibility index (Phi) is 0.947. The van der Waals surface area contributed by atoms with Gasteiger partial charge in [-0.25, -0.2) is 0 Å². The topological polar surface area (TPSA) is 39.2 Å². The Labute approximate surface area is 58.2 Å². The van der Waals surface area contributed by atoms with Crippen molar-refractivity contribution in [2.24, 2.45) is 0 Å². The molecule has 0 unspecified atom stereocenters. The molecule has 0 aliphatic rings. The highest BCUT2D eigenvalue weighted by Gasteiger charge is 1.97. The summed E-state index contributed by atoms with van der Waals surface area (Å²) in [5.41, 5.74) is 7.08. The highest BCUT2D eigenvalue weighted by atomic mass is 16.3. The van der Waals surface area contributed by atoms with E-state index >= 15 is 0 Å². The van der Waals surface area contributed by atoms with Gasteiger partial charge in [0.1, 0.15) is 0 Å². The lowest BCUT2D eigenvalue weighted by molar-refractivity contribution is 0.617. The number of fused-ring (bicyclic) bond motifs is 1. The van der Waals surface area contributed by atoms with E-state index in [1.165, 1.54) is 0 Å². The first kappa shape index (κ1) is 5.35. The Bertz CT molecular complexity index is 351. The van der Waals surface area contributed by atoms with Crippen LogP contribution in [0.1, 0.15) is 0 Å². The van der Waals surface area contributed by atoms with E-state index in [4.69, 9.17) is 10.2 Å². The smallest absolute Gasteiger partial charge is 0.156 e. The third-order valence-electron chi connectivity index (χ3n) is 1.51. The van der Waals surface area contributed by atoms with Crippen LogP contribution in [0.2, 0.25) is 0 Å². The van der Waals surface area contributed by atoms with Gasteiger partial charge in [0.25, 0.3) is 0 Å². The molecule has 1 heterocycles. The molecule has 0 amide bonds. The maximum Gasteiger partial charge on any atom is 0.156 e. The first-order valence-electron chi connectivity index (χ1n) is 3.09. The van der Waals surface area contributed by atoms with E-state index in [0.717, 1.165) is 11.0 Å². The van der Waals surface area contributed by atoms with Gasteiger partial charge in [-0.05, 0) is 12.1 Å². The van der Waals surface area contributed by atoms with Crippen LogP contribution in [0.25, 0.3) is 11.0 Å². The second-order valence-corrected chi connectivity index (χ2v) is 2.19. The van der Waals surface area contributed by atoms with Crippen LogP contribution in [-0.4, -0.2) is 0 Å². The van der Waals surface area contributed by atoms with E-state index in [9.17, 15) is 0 Å². The fourth-order valence-corrected chi connectivity index (χ4v) is 1.02. The molecular formula is C8H7NO. The molecule has 10 heavy (non-hydrogen) atoms. The Morgan fingerprint density at radius 2 is 2.10 bits per heavy atom. The third-order valence-corrected chi connectivity index (χ3v) is 1.51. The lowest BCUT2D eigenvalue weighted by Gasteiger charge is -1.90. The SMILES string of the molecule is Nc1cccc2ccoc12. The molecule has 1 aromatic heterocycles. The van der Waals surface area contributed by atoms with Crippen LogP contribution < -0.4 is 5.73 Å². The molecule has 2 heteroatoms. The molecule has 2 rings (SSSR count). The van der Waals surface area contributed by atoms with Gasteiger partial charge in [-0.2, -0.15) is 0 Å². The second kappa shape index (κ2) is 1.77. The van der Waals surface area contributed by atoms with E-state index in [-0.39, 0.29) is 0 Å². The predicted octanol–water partition coefficient (Wildman–Crippen LogP) is 2.01. The van der Waals surface area contributed by atoms with Crippen molar-refractivity contribution in [2.75, 3.05) is 5.73 Å². The number of rotatable bonds is 0. The molecule has 0 saturated heterocycles. The molecule has 0 atom stereocenters. The Morgan fingerprint density at radius 3 is 2.90 bits per heavy atom. The van der Waals surface area contributed by atoms with E-state index < -0.39 is 0 Å². The van der Waals surface area contributed by atoms with Gasteiger partial charge in [-0.15, -0.1) is 0 Å². The zero-order valence-electron chi connectivity index (χ0n) is 5.37. The van der Waals surface area contributed by atoms with E-state index in [2.05, 4.69) is 0 Å². The molecule has 50 valence electrons. The summed E-state index contributed by atoms with van der Waals surface area (Å²) in [5.74, 6) is 0. The lowest BCUT2D eigenvalue weighted by atomic mass is 10.2. The molecule has 0 radical (unpaired) electrons. The number of furan rings is 1. The van der Waals surface area contributed by atoms with Crippen LogP contribution in [0.5, 0.6) is 0 Å². The number of nitrogen functional groups attached to an aromatic ring is 1. The van der Waals surface area contributed by atoms with Crippen molar-refractivity contribution in [1.29, 1.82) is 0 Å². The summed E-state index contributed by atoms with van der Waals surface area (Å²) in [6.45, 7) is 0. The molecule has 0 bridgehead atoms. The van der Waals surface area contributed by atoms with Crippen LogP contribution >= 0.6 is 0 Å². The Balaban J connectivity index is 2.95. The van der Waals surface area contributed by atoms with Gasteiger partial charge >= 0.3 is 0 Å². The quantitative estimate of drug-likeness (QED) is 0.558. The van der Waals surface area contributed by atoms with Crippen molar-refractivity contribution in [3.05, 3.63) is 30.5 Å². The minimum Gasteiger partial charge on any atom is -0.462 e. The first-order valence-corrected chi connectivity index (χ1v) is 3.09. The normalized spacial score (nSPS) is 10.4. The van der Waals surface area contributed by atoms with Crippen molar-refractivity contribution >= 4 is 16.7 Å². The van der Waals surface area contributed by atoms with Crippen LogP contribution in [-0.2, 0) is 0 Å². The fraction of sp³-hybridized carbons (Fsp3) is 0. The van der Waals surface area contributed by atoms with Crippen molar-refractivity contribution in [1.82, 2.24) is 0 Å². The average molecular weight is 133 g/mol. The van der Waals surface area contributed by atoms with E-state index in [0.29, 0.717) is 5.69 Å². The fourth-order valence-electron chi connectivity index (χ4n) is 1.02. The molecule has 0 spiro atoms. The summed E-state index contributed by atoms with van der Waals surface area (Å²) in [7, 11) is 0. The summed E-state index contributed by atoms with van der Waals surface area (Å²) in [5, 5.41) is 1.06. The van der Waals surface area contributed by atoms with Crippen molar-refractivity contribution in [2.45, 2.75) is 0 Å². The minimum absolute atomic E-state index is 0.697. The molecule has 2 N–H and O–H groups in total. The highest BCUT2D eigenvalue weighted by molar-refractivity contribution is 5.87. The van der Waals surface area contributed by atoms with Gasteiger partial charge < -0.3 is 10.2 Å². The average Bonchev–Trinajstić information content (AvgIpc) is 2.36. The standard InChI is InChI=1S/C8H7NO/c9-7-3-1-2-6-4-5-10-8(6)7/h1-5H,9H2. The summed E-state index contributed by atoms with van der Waals surface area (Å²) in [6.07, 6.45) is 1.64. The van der Waals surface area contributed by atoms with Gasteiger partial charge in [0.15, 0.2) is 5.58 Å². The number of anilines is 1. The second-order valence-electron chi connectivity index (χ2n) is 2.19. The summed E-state index contributed by atoms with van der Waals surface area (Å²) in [6, 6.07) is 7.60. The Hall–Kier alpha value is -1.44. The zero-order chi connectivity index (χ0) is 6.97. The first-order chi connectivity index (χ1) is 4.88. The van der Waals surface area contributed by atoms with Crippen LogP contribution in [0.15, 0.2) is 34.9 Å². The summed E-state index contributed by atoms with van der Waals surface area (Å²) >= 11 is 0. The van der Waals surface area contributed by atoms with Gasteiger partial charge in [-0.1, -0.05) is 12.1 Å². The lowest BCUT2D eigenvalue weighted by Crippen LogP contribution is -1.82. The van der Waals surface area contributed by atoms with E-state index in [1.54, 1.807) is 6.26 Å². The van der Waals surface area contributed by atoms with Crippen LogP contribution in [0.3, 0.4) is 0 Å². The molecular weight excluding hydrogens is 126 g/mol. The maximum atomic E-state index is 5.61.